The van der Waals surface area contributed by atoms with Crippen LogP contribution in [0.2, 0.25) is 0 Å². The number of hydrogen-bond acceptors (Lipinski definition) is 7. The first-order chi connectivity index (χ1) is 15.3. The molecule has 2 heterocycles. The van der Waals surface area contributed by atoms with Gasteiger partial charge in [0.1, 0.15) is 17.1 Å². The fourth-order valence-electron chi connectivity index (χ4n) is 3.46. The van der Waals surface area contributed by atoms with Crippen LogP contribution >= 0.6 is 0 Å². The molecule has 1 atom stereocenters. The minimum absolute atomic E-state index is 0.0353. The fourth-order valence-corrected chi connectivity index (χ4v) is 3.90. The molecule has 3 rings (SSSR count). The van der Waals surface area contributed by atoms with Gasteiger partial charge in [-0.2, -0.15) is 21.6 Å². The van der Waals surface area contributed by atoms with Crippen molar-refractivity contribution in [1.29, 1.82) is 0 Å². The number of alkyl halides is 6. The lowest BCUT2D eigenvalue weighted by atomic mass is 10.0. The highest BCUT2D eigenvalue weighted by Gasteiger charge is 2.50. The van der Waals surface area contributed by atoms with Crippen LogP contribution < -0.4 is 8.92 Å². The third-order valence-electron chi connectivity index (χ3n) is 4.69. The summed E-state index contributed by atoms with van der Waals surface area (Å²) in [5.41, 5.74) is -7.67. The molecule has 2 aliphatic heterocycles. The number of halogens is 6. The molecule has 9 nitrogen and oxygen atoms in total. The lowest BCUT2D eigenvalue weighted by molar-refractivity contribution is -0.274. The van der Waals surface area contributed by atoms with Gasteiger partial charge in [-0.15, -0.1) is 13.2 Å². The number of carbonyl (C=O) groups is 2. The van der Waals surface area contributed by atoms with Crippen molar-refractivity contribution in [3.63, 3.8) is 0 Å². The maximum Gasteiger partial charge on any atom is 0.573 e. The van der Waals surface area contributed by atoms with Gasteiger partial charge in [0, 0.05) is 25.7 Å². The van der Waals surface area contributed by atoms with Crippen molar-refractivity contribution >= 4 is 22.1 Å². The first kappa shape index (κ1) is 25.7. The van der Waals surface area contributed by atoms with Crippen molar-refractivity contribution in [3.8, 4) is 11.5 Å². The van der Waals surface area contributed by atoms with E-state index in [1.165, 1.54) is 4.90 Å². The van der Waals surface area contributed by atoms with Crippen LogP contribution in [0.25, 0.3) is 0 Å². The summed E-state index contributed by atoms with van der Waals surface area (Å²) >= 11 is 0. The van der Waals surface area contributed by atoms with Crippen molar-refractivity contribution in [2.75, 3.05) is 19.6 Å². The second kappa shape index (κ2) is 8.09. The maximum atomic E-state index is 12.9. The van der Waals surface area contributed by atoms with Gasteiger partial charge in [0.25, 0.3) is 5.91 Å². The maximum absolute atomic E-state index is 12.9. The van der Waals surface area contributed by atoms with E-state index in [1.54, 1.807) is 20.8 Å². The average Bonchev–Trinajstić information content (AvgIpc) is 2.90. The van der Waals surface area contributed by atoms with E-state index in [-0.39, 0.29) is 31.3 Å². The minimum atomic E-state index is -6.24. The van der Waals surface area contributed by atoms with Crippen LogP contribution in [0, 0.1) is 0 Å². The Hall–Kier alpha value is -2.91. The third-order valence-corrected chi connectivity index (χ3v) is 5.67. The zero-order valence-electron chi connectivity index (χ0n) is 17.8. The monoisotopic (exact) mass is 520 g/mol. The normalized spacial score (nSPS) is 19.0. The Bertz CT molecular complexity index is 1110. The highest BCUT2D eigenvalue weighted by atomic mass is 32.2. The van der Waals surface area contributed by atoms with Crippen LogP contribution in [0.1, 0.15) is 42.7 Å². The van der Waals surface area contributed by atoms with Crippen molar-refractivity contribution < 1.29 is 58.0 Å². The molecule has 0 N–H and O–H groups in total. The second-order valence-electron chi connectivity index (χ2n) is 8.36. The number of hydrogen-bond donors (Lipinski definition) is 0. The van der Waals surface area contributed by atoms with Gasteiger partial charge in [0.15, 0.2) is 0 Å². The Morgan fingerprint density at radius 1 is 1.06 bits per heavy atom. The van der Waals surface area contributed by atoms with Crippen molar-refractivity contribution in [3.05, 3.63) is 23.3 Å². The van der Waals surface area contributed by atoms with Gasteiger partial charge in [0.05, 0.1) is 11.6 Å². The van der Waals surface area contributed by atoms with Gasteiger partial charge in [-0.1, -0.05) is 0 Å². The predicted octanol–water partition coefficient (Wildman–Crippen LogP) is 3.56. The number of ether oxygens (including phenoxy) is 2. The molecule has 0 aliphatic carbocycles. The molecule has 2 amide bonds. The molecule has 0 saturated carbocycles. The van der Waals surface area contributed by atoms with Crippen LogP contribution in [-0.2, 0) is 14.9 Å². The molecule has 1 aromatic carbocycles. The molecule has 2 aliphatic rings. The molecule has 1 aromatic rings. The van der Waals surface area contributed by atoms with Crippen molar-refractivity contribution in [1.82, 2.24) is 9.80 Å². The topological polar surface area (TPSA) is 102 Å². The molecule has 0 radical (unpaired) electrons. The number of amides is 2. The number of piperazine rings is 1. The van der Waals surface area contributed by atoms with Gasteiger partial charge >= 0.3 is 28.1 Å². The lowest BCUT2D eigenvalue weighted by Crippen LogP contribution is -2.50. The van der Waals surface area contributed by atoms with Gasteiger partial charge in [-0.25, -0.2) is 4.79 Å². The molecular formula is C18H18F6N2O7S. The van der Waals surface area contributed by atoms with Crippen molar-refractivity contribution in [2.45, 2.75) is 44.3 Å². The molecule has 1 fully saturated rings. The summed E-state index contributed by atoms with van der Waals surface area (Å²) in [7, 11) is -6.24. The SMILES string of the molecule is CC(C)(C)OC(=O)N1CCN2C(=O)c3c(OC(F)(F)F)cc(OS(=O)(=O)C(F)(F)F)cc3C2C1. The van der Waals surface area contributed by atoms with E-state index in [0.29, 0.717) is 6.07 Å². The molecule has 0 bridgehead atoms. The zero-order valence-corrected chi connectivity index (χ0v) is 18.6. The summed E-state index contributed by atoms with van der Waals surface area (Å²) in [5.74, 6) is -3.33. The predicted molar refractivity (Wildman–Crippen MR) is 100 cm³/mol. The van der Waals surface area contributed by atoms with E-state index >= 15 is 0 Å². The minimum Gasteiger partial charge on any atom is -0.444 e. The van der Waals surface area contributed by atoms with E-state index in [2.05, 4.69) is 8.92 Å². The number of benzene rings is 1. The number of nitrogens with zero attached hydrogens (tertiary/aromatic N) is 2. The van der Waals surface area contributed by atoms with Gasteiger partial charge in [0.2, 0.25) is 0 Å². The smallest absolute Gasteiger partial charge is 0.444 e. The second-order valence-corrected chi connectivity index (χ2v) is 9.90. The van der Waals surface area contributed by atoms with E-state index in [4.69, 9.17) is 4.74 Å². The Balaban J connectivity index is 2.05. The number of rotatable bonds is 3. The molecule has 1 unspecified atom stereocenters. The molecule has 0 spiro atoms. The van der Waals surface area contributed by atoms with Gasteiger partial charge < -0.3 is 23.5 Å². The lowest BCUT2D eigenvalue weighted by Gasteiger charge is -2.38. The summed E-state index contributed by atoms with van der Waals surface area (Å²) in [6, 6.07) is -0.183. The first-order valence-corrected chi connectivity index (χ1v) is 10.9. The number of fused-ring (bicyclic) bond motifs is 3. The number of carbonyl (C=O) groups excluding carboxylic acids is 2. The standard InChI is InChI=1S/C18H18F6N2O7S/c1-16(2,3)32-15(28)25-4-5-26-11(8-25)10-6-9(33-34(29,30)18(22,23)24)7-12(13(10)14(26)27)31-17(19,20)21/h6-7,11H,4-5,8H2,1-3H3. The van der Waals surface area contributed by atoms with Gasteiger partial charge in [-0.05, 0) is 32.4 Å². The summed E-state index contributed by atoms with van der Waals surface area (Å²) in [4.78, 5) is 27.5. The first-order valence-electron chi connectivity index (χ1n) is 9.52. The van der Waals surface area contributed by atoms with Crippen LogP contribution in [0.5, 0.6) is 11.5 Å². The van der Waals surface area contributed by atoms with Crippen LogP contribution in [0.15, 0.2) is 12.1 Å². The molecular weight excluding hydrogens is 502 g/mol. The average molecular weight is 520 g/mol. The summed E-state index contributed by atoms with van der Waals surface area (Å²) in [5, 5.41) is 0. The Kier molecular flexibility index (Phi) is 6.12. The van der Waals surface area contributed by atoms with Crippen LogP contribution in [-0.4, -0.2) is 67.3 Å². The molecule has 16 heteroatoms. The molecule has 0 aromatic heterocycles. The van der Waals surface area contributed by atoms with E-state index in [1.807, 2.05) is 0 Å². The Morgan fingerprint density at radius 3 is 2.21 bits per heavy atom. The van der Waals surface area contributed by atoms with E-state index < -0.39 is 62.7 Å². The molecule has 190 valence electrons. The highest BCUT2D eigenvalue weighted by Crippen LogP contribution is 2.45. The quantitative estimate of drug-likeness (QED) is 0.341. The summed E-state index contributed by atoms with van der Waals surface area (Å²) in [6.07, 6.45) is -6.15. The largest absolute Gasteiger partial charge is 0.573 e. The third kappa shape index (κ3) is 5.26. The van der Waals surface area contributed by atoms with E-state index in [9.17, 15) is 44.3 Å². The Labute approximate surface area is 189 Å². The zero-order chi connectivity index (χ0) is 25.9. The fraction of sp³-hybridized carbons (Fsp3) is 0.556. The molecule has 34 heavy (non-hydrogen) atoms. The summed E-state index contributed by atoms with van der Waals surface area (Å²) < 4.78 is 113. The van der Waals surface area contributed by atoms with Gasteiger partial charge in [-0.3, -0.25) is 4.79 Å². The van der Waals surface area contributed by atoms with Crippen molar-refractivity contribution in [2.24, 2.45) is 0 Å². The highest BCUT2D eigenvalue weighted by molar-refractivity contribution is 7.88. The van der Waals surface area contributed by atoms with Crippen LogP contribution in [0.3, 0.4) is 0 Å². The summed E-state index contributed by atoms with van der Waals surface area (Å²) in [6.45, 7) is 4.34. The van der Waals surface area contributed by atoms with Crippen LogP contribution in [0.4, 0.5) is 31.1 Å². The molecule has 1 saturated heterocycles. The Morgan fingerprint density at radius 2 is 1.68 bits per heavy atom. The van der Waals surface area contributed by atoms with E-state index in [0.717, 1.165) is 4.90 Å².